The zero-order chi connectivity index (χ0) is 51.2. The van der Waals surface area contributed by atoms with Crippen LogP contribution >= 0.6 is 0 Å². The Kier molecular flexibility index (Phi) is 9.34. The highest BCUT2D eigenvalue weighted by molar-refractivity contribution is 4.74. The van der Waals surface area contributed by atoms with E-state index in [0.717, 1.165) is 25.9 Å². The van der Waals surface area contributed by atoms with Gasteiger partial charge in [0.25, 0.3) is 0 Å². The fourth-order valence-electron chi connectivity index (χ4n) is 4.61. The minimum atomic E-state index is -3.24. The average molecular weight is 645 g/mol. The molecule has 0 radical (unpaired) electrons. The van der Waals surface area contributed by atoms with Gasteiger partial charge in [0.15, 0.2) is 0 Å². The Morgan fingerprint density at radius 2 is 0.750 bits per heavy atom. The first-order valence-corrected chi connectivity index (χ1v) is 16.3. The van der Waals surface area contributed by atoms with Gasteiger partial charge >= 0.3 is 0 Å². The predicted octanol–water partition coefficient (Wildman–Crippen LogP) is 7.77. The first-order valence-electron chi connectivity index (χ1n) is 26.3. The lowest BCUT2D eigenvalue weighted by Gasteiger charge is -2.32. The Labute approximate surface area is 305 Å². The number of rotatable bonds is 4. The van der Waals surface area contributed by atoms with E-state index in [0.29, 0.717) is 10.3 Å². The lowest BCUT2D eigenvalue weighted by molar-refractivity contribution is 0.0235. The molecule has 44 heavy (non-hydrogen) atoms. The zero-order valence-electron chi connectivity index (χ0n) is 50.1. The fraction of sp³-hybridized carbons (Fsp3) is 1.00. The van der Waals surface area contributed by atoms with Gasteiger partial charge in [-0.15, -0.1) is 0 Å². The van der Waals surface area contributed by atoms with Crippen LogP contribution in [-0.2, 0) is 9.47 Å². The molecule has 0 N–H and O–H groups in total. The molecule has 0 bridgehead atoms. The molecule has 4 rings (SSSR count). The van der Waals surface area contributed by atoms with Gasteiger partial charge in [0.2, 0.25) is 0 Å². The Morgan fingerprint density at radius 1 is 0.432 bits per heavy atom. The molecule has 0 aromatic rings. The number of piperidine rings is 2. The van der Waals surface area contributed by atoms with Gasteiger partial charge < -0.3 is 19.3 Å². The van der Waals surface area contributed by atoms with Crippen molar-refractivity contribution < 1.29 is 36.9 Å². The van der Waals surface area contributed by atoms with Crippen LogP contribution in [0, 0.1) is 21.7 Å². The highest BCUT2D eigenvalue weighted by Gasteiger charge is 2.20. The Hall–Kier alpha value is -0.240. The molecular formula is C38H80N4O2. The molecule has 0 unspecified atom stereocenters. The van der Waals surface area contributed by atoms with Crippen molar-refractivity contribution >= 4 is 0 Å². The second-order valence-electron chi connectivity index (χ2n) is 16.2. The standard InChI is InChI=1S/2C10H21N.2C9H19NO/c2*1-10(2,3)9-11-7-5-4-6-8-11;2*1-9(2,3)8-10-4-6-11-7-5-10/h2*4-9H2,1-3H3;2*4-8H2,1-3H3/i9D2;;4D2,5D2,6D2,7D2,8D2;4D2,5D2,6D2,7D2. The van der Waals surface area contributed by atoms with Gasteiger partial charge in [0.05, 0.1) is 37.2 Å². The summed E-state index contributed by atoms with van der Waals surface area (Å²) >= 11 is 0. The van der Waals surface area contributed by atoms with E-state index in [-0.39, 0.29) is 16.9 Å². The van der Waals surface area contributed by atoms with E-state index in [4.69, 9.17) is 27.4 Å². The van der Waals surface area contributed by atoms with E-state index >= 15 is 0 Å². The van der Waals surface area contributed by atoms with Gasteiger partial charge in [0, 0.05) is 68.5 Å². The molecule has 4 heterocycles. The SMILES string of the molecule is CC(C)(C)CN1CCCCC1.[2H]C([2H])(N1CCCCC1)C(C)(C)C.[2H]C1([2H])OC([2H])([2H])C([2H])([2H])N(C([2H])([2H])C(C)(C)C)C1([2H])[2H].[2H]C1([2H])OC([2H])([2H])C([2H])([2H])N(CC(C)(C)C)C1([2H])[2H]. The summed E-state index contributed by atoms with van der Waals surface area (Å²) in [5, 5.41) is 0. The third-order valence-electron chi connectivity index (χ3n) is 5.96. The van der Waals surface area contributed by atoms with Crippen LogP contribution in [0.25, 0.3) is 0 Å². The molecule has 4 aliphatic rings. The normalized spacial score (nSPS) is 38.6. The van der Waals surface area contributed by atoms with E-state index in [1.54, 1.807) is 20.8 Å². The smallest absolute Gasteiger partial charge is 0.0594 e. The maximum Gasteiger partial charge on any atom is 0.0594 e. The van der Waals surface area contributed by atoms with Gasteiger partial charge in [-0.2, -0.15) is 0 Å². The van der Waals surface area contributed by atoms with Crippen molar-refractivity contribution in [2.75, 3.05) is 104 Å². The number of likely N-dealkylation sites (tertiary alicyclic amines) is 2. The van der Waals surface area contributed by atoms with Gasteiger partial charge in [-0.25, -0.2) is 0 Å². The molecule has 0 aromatic heterocycles. The molecule has 0 aromatic carbocycles. The van der Waals surface area contributed by atoms with Crippen LogP contribution in [-0.4, -0.2) is 124 Å². The van der Waals surface area contributed by atoms with Crippen LogP contribution in [0.3, 0.4) is 0 Å². The van der Waals surface area contributed by atoms with Gasteiger partial charge in [-0.3, -0.25) is 9.80 Å². The maximum absolute atomic E-state index is 8.06. The number of hydrogen-bond donors (Lipinski definition) is 0. The molecule has 0 saturated carbocycles. The van der Waals surface area contributed by atoms with Crippen molar-refractivity contribution in [3.8, 4) is 0 Å². The van der Waals surface area contributed by atoms with E-state index in [2.05, 4.69) is 35.1 Å². The van der Waals surface area contributed by atoms with E-state index < -0.39 is 76.0 Å². The monoisotopic (exact) mass is 645 g/mol. The summed E-state index contributed by atoms with van der Waals surface area (Å²) in [7, 11) is 0. The van der Waals surface area contributed by atoms with E-state index in [1.807, 2.05) is 25.7 Å². The molecule has 6 nitrogen and oxygen atoms in total. The summed E-state index contributed by atoms with van der Waals surface area (Å²) in [6.07, 6.45) is 7.83. The molecule has 264 valence electrons. The molecule has 0 aliphatic carbocycles. The molecule has 0 atom stereocenters. The van der Waals surface area contributed by atoms with Crippen LogP contribution in [0.5, 0.6) is 0 Å². The highest BCUT2D eigenvalue weighted by atomic mass is 16.5. The first kappa shape index (κ1) is 19.7. The van der Waals surface area contributed by atoms with Gasteiger partial charge in [-0.1, -0.05) is 95.9 Å². The second kappa shape index (κ2) is 20.9. The summed E-state index contributed by atoms with van der Waals surface area (Å²) in [5.41, 5.74) is -1.65. The van der Waals surface area contributed by atoms with Crippen LogP contribution < -0.4 is 0 Å². The van der Waals surface area contributed by atoms with Crippen molar-refractivity contribution in [3.05, 3.63) is 0 Å². The van der Waals surface area contributed by atoms with Crippen LogP contribution in [0.4, 0.5) is 0 Å². The van der Waals surface area contributed by atoms with Crippen molar-refractivity contribution in [1.29, 1.82) is 0 Å². The summed E-state index contributed by atoms with van der Waals surface area (Å²) in [6.45, 7) is -0.359. The molecule has 6 heteroatoms. The highest BCUT2D eigenvalue weighted by Crippen LogP contribution is 2.20. The Morgan fingerprint density at radius 3 is 1.11 bits per heavy atom. The Balaban J connectivity index is 0.000000439. The van der Waals surface area contributed by atoms with Crippen LogP contribution in [0.2, 0.25) is 0 Å². The van der Waals surface area contributed by atoms with E-state index in [9.17, 15) is 0 Å². The summed E-state index contributed by atoms with van der Waals surface area (Å²) in [4.78, 5) is 5.14. The van der Waals surface area contributed by atoms with Crippen molar-refractivity contribution in [1.82, 2.24) is 19.6 Å². The van der Waals surface area contributed by atoms with Crippen molar-refractivity contribution in [2.24, 2.45) is 21.7 Å². The van der Waals surface area contributed by atoms with Crippen molar-refractivity contribution in [3.63, 3.8) is 0 Å². The first-order chi connectivity index (χ1) is 27.8. The summed E-state index contributed by atoms with van der Waals surface area (Å²) in [5.74, 6) is 0. The van der Waals surface area contributed by atoms with Crippen LogP contribution in [0.15, 0.2) is 0 Å². The second-order valence-corrected chi connectivity index (χ2v) is 16.2. The minimum absolute atomic E-state index is 0.0312. The number of ether oxygens (including phenoxy) is 2. The minimum Gasteiger partial charge on any atom is -0.379 e. The summed E-state index contributed by atoms with van der Waals surface area (Å²) < 4.78 is 164. The van der Waals surface area contributed by atoms with Gasteiger partial charge in [0.1, 0.15) is 0 Å². The lowest BCUT2D eigenvalue weighted by atomic mass is 9.95. The molecule has 0 spiro atoms. The lowest BCUT2D eigenvalue weighted by Crippen LogP contribution is -2.41. The average Bonchev–Trinajstić information content (AvgIpc) is 3.04. The molecule has 4 saturated heterocycles. The summed E-state index contributed by atoms with van der Waals surface area (Å²) in [6, 6.07) is 0. The molecule has 0 amide bonds. The predicted molar refractivity (Wildman–Crippen MR) is 193 cm³/mol. The molecule has 4 fully saturated rings. The maximum atomic E-state index is 8.06. The molecular weight excluding hydrogens is 544 g/mol. The number of morpholine rings is 2. The third kappa shape index (κ3) is 25.9. The third-order valence-corrected chi connectivity index (χ3v) is 5.96. The number of hydrogen-bond acceptors (Lipinski definition) is 6. The van der Waals surface area contributed by atoms with E-state index in [1.165, 1.54) is 66.1 Å². The van der Waals surface area contributed by atoms with Crippen molar-refractivity contribution in [2.45, 2.75) is 122 Å². The van der Waals surface area contributed by atoms with Crippen LogP contribution in [0.1, 0.15) is 149 Å². The fourth-order valence-corrected chi connectivity index (χ4v) is 4.61. The number of nitrogens with zero attached hydrogens (tertiary/aromatic N) is 4. The van der Waals surface area contributed by atoms with Gasteiger partial charge in [-0.05, 0) is 73.5 Å². The largest absolute Gasteiger partial charge is 0.379 e. The Bertz CT molecular complexity index is 1430. The quantitative estimate of drug-likeness (QED) is 0.311. The topological polar surface area (TPSA) is 31.4 Å². The molecule has 4 aliphatic heterocycles. The zero-order valence-corrected chi connectivity index (χ0v) is 30.1.